The smallest absolute Gasteiger partial charge is 0.108 e. The van der Waals surface area contributed by atoms with E-state index in [0.29, 0.717) is 16.0 Å². The highest BCUT2D eigenvalue weighted by molar-refractivity contribution is 6.42. The van der Waals surface area contributed by atoms with Crippen LogP contribution in [0.15, 0.2) is 18.2 Å². The first kappa shape index (κ1) is 12.7. The summed E-state index contributed by atoms with van der Waals surface area (Å²) in [7, 11) is 0. The molecule has 3 fully saturated rings. The zero-order valence-corrected chi connectivity index (χ0v) is 11.6. The first-order chi connectivity index (χ1) is 8.53. The van der Waals surface area contributed by atoms with Gasteiger partial charge in [-0.25, -0.2) is 0 Å². The number of benzene rings is 1. The van der Waals surface area contributed by atoms with E-state index in [1.54, 1.807) is 12.1 Å². The Hall–Kier alpha value is -0.280. The van der Waals surface area contributed by atoms with E-state index in [1.807, 2.05) is 6.07 Å². The fourth-order valence-electron chi connectivity index (χ4n) is 3.72. The van der Waals surface area contributed by atoms with Crippen molar-refractivity contribution in [1.82, 2.24) is 0 Å². The maximum absolute atomic E-state index is 11.1. The van der Waals surface area contributed by atoms with Gasteiger partial charge >= 0.3 is 0 Å². The molecule has 18 heavy (non-hydrogen) atoms. The monoisotopic (exact) mass is 285 g/mol. The largest absolute Gasteiger partial charge is 0.383 e. The second-order valence-corrected chi connectivity index (χ2v) is 6.41. The molecule has 2 atom stereocenters. The van der Waals surface area contributed by atoms with Crippen molar-refractivity contribution in [3.63, 3.8) is 0 Å². The van der Waals surface area contributed by atoms with Crippen molar-refractivity contribution in [2.24, 2.45) is 17.6 Å². The van der Waals surface area contributed by atoms with Crippen molar-refractivity contribution in [3.8, 4) is 0 Å². The lowest BCUT2D eigenvalue weighted by atomic mass is 9.57. The number of nitrogens with two attached hydrogens (primary N) is 1. The van der Waals surface area contributed by atoms with E-state index in [0.717, 1.165) is 31.2 Å². The molecule has 0 amide bonds. The normalized spacial score (nSPS) is 39.0. The van der Waals surface area contributed by atoms with E-state index in [1.165, 1.54) is 0 Å². The summed E-state index contributed by atoms with van der Waals surface area (Å²) < 4.78 is 0. The Morgan fingerprint density at radius 1 is 1.11 bits per heavy atom. The van der Waals surface area contributed by atoms with E-state index in [9.17, 15) is 5.11 Å². The molecule has 0 heterocycles. The molecule has 2 unspecified atom stereocenters. The van der Waals surface area contributed by atoms with Gasteiger partial charge in [0.2, 0.25) is 0 Å². The Labute approximate surface area is 117 Å². The van der Waals surface area contributed by atoms with Crippen LogP contribution in [-0.2, 0) is 5.60 Å². The molecule has 1 aromatic rings. The highest BCUT2D eigenvalue weighted by Gasteiger charge is 2.53. The number of hydrogen-bond acceptors (Lipinski definition) is 2. The molecule has 2 nitrogen and oxygen atoms in total. The van der Waals surface area contributed by atoms with Gasteiger partial charge in [0, 0.05) is 6.04 Å². The molecule has 98 valence electrons. The Morgan fingerprint density at radius 2 is 1.78 bits per heavy atom. The summed E-state index contributed by atoms with van der Waals surface area (Å²) in [5.41, 5.74) is 6.18. The molecular formula is C14H17Cl2NO. The molecule has 0 aliphatic heterocycles. The molecule has 3 saturated carbocycles. The summed E-state index contributed by atoms with van der Waals surface area (Å²) in [5, 5.41) is 12.1. The molecule has 0 saturated heterocycles. The van der Waals surface area contributed by atoms with Crippen LogP contribution in [0.25, 0.3) is 0 Å². The molecule has 3 aliphatic rings. The van der Waals surface area contributed by atoms with Crippen LogP contribution in [0.3, 0.4) is 0 Å². The minimum Gasteiger partial charge on any atom is -0.383 e. The fourth-order valence-corrected chi connectivity index (χ4v) is 4.02. The van der Waals surface area contributed by atoms with Crippen LogP contribution in [-0.4, -0.2) is 11.1 Å². The maximum atomic E-state index is 11.1. The van der Waals surface area contributed by atoms with Crippen molar-refractivity contribution in [2.45, 2.75) is 37.3 Å². The average molecular weight is 286 g/mol. The van der Waals surface area contributed by atoms with Crippen molar-refractivity contribution in [2.75, 3.05) is 0 Å². The SMILES string of the molecule is NC1C2CCC(CC2)C1(O)c1ccc(Cl)c(Cl)c1. The topological polar surface area (TPSA) is 46.2 Å². The van der Waals surface area contributed by atoms with Crippen molar-refractivity contribution >= 4 is 23.2 Å². The zero-order chi connectivity index (χ0) is 12.9. The second kappa shape index (κ2) is 4.38. The molecular weight excluding hydrogens is 269 g/mol. The third-order valence-electron chi connectivity index (χ3n) is 4.79. The van der Waals surface area contributed by atoms with Crippen molar-refractivity contribution < 1.29 is 5.11 Å². The van der Waals surface area contributed by atoms with Crippen LogP contribution >= 0.6 is 23.2 Å². The van der Waals surface area contributed by atoms with Crippen LogP contribution in [0.2, 0.25) is 10.0 Å². The lowest BCUT2D eigenvalue weighted by molar-refractivity contribution is -0.121. The first-order valence-electron chi connectivity index (χ1n) is 6.47. The van der Waals surface area contributed by atoms with Crippen molar-refractivity contribution in [3.05, 3.63) is 33.8 Å². The van der Waals surface area contributed by atoms with Gasteiger partial charge in [0.15, 0.2) is 0 Å². The van der Waals surface area contributed by atoms with Gasteiger partial charge in [0.25, 0.3) is 0 Å². The standard InChI is InChI=1S/C14H17Cl2NO/c15-11-6-5-10(7-12(11)16)14(18)9-3-1-8(2-4-9)13(14)17/h5-9,13,18H,1-4,17H2. The third-order valence-corrected chi connectivity index (χ3v) is 5.53. The third kappa shape index (κ3) is 1.70. The summed E-state index contributed by atoms with van der Waals surface area (Å²) in [5.74, 6) is 0.671. The fraction of sp³-hybridized carbons (Fsp3) is 0.571. The van der Waals surface area contributed by atoms with Gasteiger partial charge in [-0.05, 0) is 55.2 Å². The van der Waals surface area contributed by atoms with E-state index in [-0.39, 0.29) is 12.0 Å². The molecule has 0 aromatic heterocycles. The van der Waals surface area contributed by atoms with Crippen LogP contribution in [0.1, 0.15) is 31.2 Å². The molecule has 0 spiro atoms. The number of aliphatic hydroxyl groups is 1. The van der Waals surface area contributed by atoms with E-state index >= 15 is 0 Å². The first-order valence-corrected chi connectivity index (χ1v) is 7.22. The van der Waals surface area contributed by atoms with Crippen LogP contribution in [0.4, 0.5) is 0 Å². The summed E-state index contributed by atoms with van der Waals surface area (Å²) >= 11 is 12.0. The number of rotatable bonds is 1. The summed E-state index contributed by atoms with van der Waals surface area (Å²) in [6, 6.07) is 5.17. The Bertz CT molecular complexity index is 467. The van der Waals surface area contributed by atoms with Gasteiger partial charge in [-0.15, -0.1) is 0 Å². The van der Waals surface area contributed by atoms with Gasteiger partial charge in [-0.3, -0.25) is 0 Å². The average Bonchev–Trinajstić information content (AvgIpc) is 2.39. The molecule has 1 aromatic carbocycles. The summed E-state index contributed by atoms with van der Waals surface area (Å²) in [6.07, 6.45) is 4.37. The van der Waals surface area contributed by atoms with Crippen LogP contribution in [0, 0.1) is 11.8 Å². The molecule has 0 radical (unpaired) electrons. The maximum Gasteiger partial charge on any atom is 0.108 e. The van der Waals surface area contributed by atoms with Gasteiger partial charge < -0.3 is 10.8 Å². The lowest BCUT2D eigenvalue weighted by Crippen LogP contribution is -2.60. The number of halogens is 2. The van der Waals surface area contributed by atoms with E-state index < -0.39 is 5.60 Å². The molecule has 3 N–H and O–H groups in total. The van der Waals surface area contributed by atoms with Crippen LogP contribution < -0.4 is 5.73 Å². The van der Waals surface area contributed by atoms with E-state index in [4.69, 9.17) is 28.9 Å². The lowest BCUT2D eigenvalue weighted by Gasteiger charge is -2.53. The minimum atomic E-state index is -0.935. The van der Waals surface area contributed by atoms with E-state index in [2.05, 4.69) is 0 Å². The Balaban J connectivity index is 2.05. The highest BCUT2D eigenvalue weighted by atomic mass is 35.5. The van der Waals surface area contributed by atoms with Crippen LogP contribution in [0.5, 0.6) is 0 Å². The van der Waals surface area contributed by atoms with Crippen molar-refractivity contribution in [1.29, 1.82) is 0 Å². The summed E-state index contributed by atoms with van der Waals surface area (Å²) in [4.78, 5) is 0. The number of fused-ring (bicyclic) bond motifs is 3. The molecule has 4 rings (SSSR count). The molecule has 2 bridgehead atoms. The zero-order valence-electron chi connectivity index (χ0n) is 10.1. The molecule has 3 aliphatic carbocycles. The Morgan fingerprint density at radius 3 is 2.33 bits per heavy atom. The minimum absolute atomic E-state index is 0.192. The predicted molar refractivity (Wildman–Crippen MR) is 73.8 cm³/mol. The van der Waals surface area contributed by atoms with Gasteiger partial charge in [0.05, 0.1) is 10.0 Å². The van der Waals surface area contributed by atoms with Gasteiger partial charge in [-0.1, -0.05) is 29.3 Å². The Kier molecular flexibility index (Phi) is 3.10. The predicted octanol–water partition coefficient (Wildman–Crippen LogP) is 3.33. The molecule has 4 heteroatoms. The highest BCUT2D eigenvalue weighted by Crippen LogP contribution is 2.52. The quantitative estimate of drug-likeness (QED) is 0.831. The van der Waals surface area contributed by atoms with Gasteiger partial charge in [-0.2, -0.15) is 0 Å². The second-order valence-electron chi connectivity index (χ2n) is 5.59. The van der Waals surface area contributed by atoms with Gasteiger partial charge in [0.1, 0.15) is 5.60 Å². The summed E-state index contributed by atoms with van der Waals surface area (Å²) in [6.45, 7) is 0. The number of hydrogen-bond donors (Lipinski definition) is 2.